The number of thiazole rings is 1. The van der Waals surface area contributed by atoms with Gasteiger partial charge in [-0.3, -0.25) is 0 Å². The van der Waals surface area contributed by atoms with Gasteiger partial charge in [-0.2, -0.15) is 0 Å². The molecule has 0 bridgehead atoms. The Bertz CT molecular complexity index is 567. The number of benzene rings is 1. The maximum Gasteiger partial charge on any atom is 0.573 e. The van der Waals surface area contributed by atoms with Crippen molar-refractivity contribution in [2.45, 2.75) is 6.36 Å². The number of alkyl halides is 3. The van der Waals surface area contributed by atoms with E-state index in [1.165, 1.54) is 5.38 Å². The monoisotopic (exact) mass is 278 g/mol. The van der Waals surface area contributed by atoms with Gasteiger partial charge in [0, 0.05) is 17.0 Å². The van der Waals surface area contributed by atoms with Crippen LogP contribution in [0.15, 0.2) is 23.6 Å². The number of nitrogens with two attached hydrogens (primary N) is 1. The normalized spacial score (nSPS) is 11.6. The van der Waals surface area contributed by atoms with Crippen LogP contribution in [0, 0.1) is 5.82 Å². The first-order valence-electron chi connectivity index (χ1n) is 4.62. The van der Waals surface area contributed by atoms with Crippen molar-refractivity contribution in [3.8, 4) is 17.0 Å². The number of hydrogen-bond acceptors (Lipinski definition) is 4. The van der Waals surface area contributed by atoms with Crippen molar-refractivity contribution in [2.24, 2.45) is 0 Å². The zero-order valence-electron chi connectivity index (χ0n) is 8.66. The summed E-state index contributed by atoms with van der Waals surface area (Å²) < 4.78 is 53.0. The van der Waals surface area contributed by atoms with E-state index < -0.39 is 17.9 Å². The molecular weight excluding hydrogens is 272 g/mol. The number of nitrogen functional groups attached to an aromatic ring is 1. The molecule has 1 heterocycles. The number of anilines is 1. The highest BCUT2D eigenvalue weighted by Crippen LogP contribution is 2.30. The van der Waals surface area contributed by atoms with Gasteiger partial charge >= 0.3 is 6.36 Å². The highest BCUT2D eigenvalue weighted by atomic mass is 32.1. The highest BCUT2D eigenvalue weighted by molar-refractivity contribution is 7.13. The van der Waals surface area contributed by atoms with Gasteiger partial charge in [-0.1, -0.05) is 0 Å². The summed E-state index contributed by atoms with van der Waals surface area (Å²) in [6, 6.07) is 2.82. The molecule has 0 aliphatic carbocycles. The van der Waals surface area contributed by atoms with Gasteiger partial charge in [0.2, 0.25) is 0 Å². The summed E-state index contributed by atoms with van der Waals surface area (Å²) in [6.45, 7) is 0. The molecule has 2 rings (SSSR count). The van der Waals surface area contributed by atoms with E-state index in [2.05, 4.69) is 9.72 Å². The summed E-state index contributed by atoms with van der Waals surface area (Å²) in [5.74, 6) is -1.48. The molecule has 96 valence electrons. The smallest absolute Gasteiger partial charge is 0.406 e. The van der Waals surface area contributed by atoms with E-state index in [1.807, 2.05) is 0 Å². The lowest BCUT2D eigenvalue weighted by Gasteiger charge is -2.09. The van der Waals surface area contributed by atoms with Gasteiger partial charge < -0.3 is 10.5 Å². The Morgan fingerprint density at radius 3 is 2.50 bits per heavy atom. The second-order valence-corrected chi connectivity index (χ2v) is 4.15. The summed E-state index contributed by atoms with van der Waals surface area (Å²) >= 11 is 1.11. The molecule has 0 atom stereocenters. The Labute approximate surface area is 103 Å². The van der Waals surface area contributed by atoms with Crippen molar-refractivity contribution >= 4 is 16.5 Å². The Morgan fingerprint density at radius 2 is 2.00 bits per heavy atom. The zero-order chi connectivity index (χ0) is 13.3. The van der Waals surface area contributed by atoms with Gasteiger partial charge in [0.1, 0.15) is 11.6 Å². The lowest BCUT2D eigenvalue weighted by Crippen LogP contribution is -2.17. The molecule has 18 heavy (non-hydrogen) atoms. The molecule has 0 fully saturated rings. The van der Waals surface area contributed by atoms with Gasteiger partial charge in [0.25, 0.3) is 0 Å². The number of halogens is 4. The molecule has 0 aliphatic heterocycles. The van der Waals surface area contributed by atoms with Crippen LogP contribution in [0.2, 0.25) is 0 Å². The maximum atomic E-state index is 13.6. The van der Waals surface area contributed by atoms with Crippen LogP contribution in [-0.2, 0) is 0 Å². The average molecular weight is 278 g/mol. The van der Waals surface area contributed by atoms with Gasteiger partial charge in [-0.25, -0.2) is 9.37 Å². The van der Waals surface area contributed by atoms with Crippen LogP contribution in [-0.4, -0.2) is 11.3 Å². The predicted molar refractivity (Wildman–Crippen MR) is 58.6 cm³/mol. The van der Waals surface area contributed by atoms with Crippen molar-refractivity contribution in [2.75, 3.05) is 5.73 Å². The molecule has 2 aromatic rings. The Balaban J connectivity index is 2.31. The fourth-order valence-corrected chi connectivity index (χ4v) is 1.88. The minimum absolute atomic E-state index is 0.0671. The first-order valence-corrected chi connectivity index (χ1v) is 5.50. The summed E-state index contributed by atoms with van der Waals surface area (Å²) in [5, 5.41) is 1.76. The molecule has 0 aliphatic rings. The molecule has 1 aromatic carbocycles. The molecule has 8 heteroatoms. The number of ether oxygens (including phenoxy) is 1. The van der Waals surface area contributed by atoms with Gasteiger partial charge in [-0.05, 0) is 12.1 Å². The second-order valence-electron chi connectivity index (χ2n) is 3.26. The Hall–Kier alpha value is -1.83. The summed E-state index contributed by atoms with van der Waals surface area (Å²) in [7, 11) is 0. The van der Waals surface area contributed by atoms with E-state index in [-0.39, 0.29) is 16.4 Å². The van der Waals surface area contributed by atoms with E-state index in [0.717, 1.165) is 23.5 Å². The Morgan fingerprint density at radius 1 is 1.28 bits per heavy atom. The van der Waals surface area contributed by atoms with Crippen molar-refractivity contribution in [1.82, 2.24) is 4.98 Å². The number of aromatic nitrogens is 1. The quantitative estimate of drug-likeness (QED) is 0.856. The van der Waals surface area contributed by atoms with E-state index in [1.54, 1.807) is 0 Å². The van der Waals surface area contributed by atoms with E-state index in [9.17, 15) is 17.6 Å². The first-order chi connectivity index (χ1) is 8.35. The summed E-state index contributed by atoms with van der Waals surface area (Å²) in [6.07, 6.45) is -4.85. The molecule has 1 aromatic heterocycles. The number of hydrogen-bond donors (Lipinski definition) is 1. The fraction of sp³-hybridized carbons (Fsp3) is 0.100. The van der Waals surface area contributed by atoms with Crippen LogP contribution in [0.5, 0.6) is 5.75 Å². The third kappa shape index (κ3) is 2.89. The molecular formula is C10H6F4N2OS. The fourth-order valence-electron chi connectivity index (χ4n) is 1.31. The predicted octanol–water partition coefficient (Wildman–Crippen LogP) is 3.43. The highest BCUT2D eigenvalue weighted by Gasteiger charge is 2.31. The van der Waals surface area contributed by atoms with Crippen molar-refractivity contribution in [1.29, 1.82) is 0 Å². The van der Waals surface area contributed by atoms with Gasteiger partial charge in [-0.15, -0.1) is 24.5 Å². The van der Waals surface area contributed by atoms with E-state index in [0.29, 0.717) is 6.07 Å². The average Bonchev–Trinajstić information content (AvgIpc) is 2.62. The minimum Gasteiger partial charge on any atom is -0.406 e. The minimum atomic E-state index is -4.85. The topological polar surface area (TPSA) is 48.1 Å². The van der Waals surface area contributed by atoms with Crippen molar-refractivity contribution in [3.05, 3.63) is 29.4 Å². The number of nitrogens with zero attached hydrogens (tertiary/aromatic N) is 1. The van der Waals surface area contributed by atoms with Gasteiger partial charge in [0.15, 0.2) is 5.13 Å². The summed E-state index contributed by atoms with van der Waals surface area (Å²) in [5.41, 5.74) is 5.73. The summed E-state index contributed by atoms with van der Waals surface area (Å²) in [4.78, 5) is 3.84. The standard InChI is InChI=1S/C10H6F4N2OS/c11-7-3-5(17-10(12,13)14)1-2-6(7)8-4-18-9(15)16-8/h1-4H,(H2,15,16). The molecule has 0 radical (unpaired) electrons. The third-order valence-electron chi connectivity index (χ3n) is 1.97. The zero-order valence-corrected chi connectivity index (χ0v) is 9.48. The molecule has 0 saturated carbocycles. The maximum absolute atomic E-state index is 13.6. The van der Waals surface area contributed by atoms with Gasteiger partial charge in [0.05, 0.1) is 5.69 Å². The van der Waals surface area contributed by atoms with E-state index in [4.69, 9.17) is 5.73 Å². The second kappa shape index (κ2) is 4.45. The van der Waals surface area contributed by atoms with Crippen LogP contribution in [0.25, 0.3) is 11.3 Å². The third-order valence-corrected chi connectivity index (χ3v) is 2.65. The van der Waals surface area contributed by atoms with Crippen molar-refractivity contribution in [3.63, 3.8) is 0 Å². The van der Waals surface area contributed by atoms with Crippen LogP contribution in [0.3, 0.4) is 0 Å². The Kier molecular flexibility index (Phi) is 3.12. The van der Waals surface area contributed by atoms with Crippen molar-refractivity contribution < 1.29 is 22.3 Å². The van der Waals surface area contributed by atoms with Crippen LogP contribution >= 0.6 is 11.3 Å². The number of rotatable bonds is 2. The van der Waals surface area contributed by atoms with E-state index >= 15 is 0 Å². The molecule has 0 unspecified atom stereocenters. The molecule has 0 saturated heterocycles. The lowest BCUT2D eigenvalue weighted by molar-refractivity contribution is -0.274. The van der Waals surface area contributed by atoms with Crippen LogP contribution in [0.1, 0.15) is 0 Å². The van der Waals surface area contributed by atoms with Crippen LogP contribution in [0.4, 0.5) is 22.7 Å². The first kappa shape index (κ1) is 12.6. The molecule has 2 N–H and O–H groups in total. The molecule has 0 amide bonds. The largest absolute Gasteiger partial charge is 0.573 e. The molecule has 0 spiro atoms. The lowest BCUT2D eigenvalue weighted by atomic mass is 10.1. The molecule has 3 nitrogen and oxygen atoms in total. The SMILES string of the molecule is Nc1nc(-c2ccc(OC(F)(F)F)cc2F)cs1. The van der Waals surface area contributed by atoms with Crippen LogP contribution < -0.4 is 10.5 Å².